The highest BCUT2D eigenvalue weighted by Crippen LogP contribution is 2.23. The standard InChI is InChI=1S/C11H17N/c1-5-10(11(2,3)4)8-6-7-9-12/h1,6-8H,9,12H2,2-4H3/b7-6-,10-8+. The molecular weight excluding hydrogens is 146 g/mol. The molecule has 0 amide bonds. The molecule has 0 aliphatic heterocycles. The van der Waals surface area contributed by atoms with Gasteiger partial charge in [-0.15, -0.1) is 6.42 Å². The first-order valence-electron chi connectivity index (χ1n) is 4.06. The monoisotopic (exact) mass is 163 g/mol. The minimum atomic E-state index is 0.0493. The maximum Gasteiger partial charge on any atom is 0.0109 e. The fraction of sp³-hybridized carbons (Fsp3) is 0.455. The van der Waals surface area contributed by atoms with E-state index < -0.39 is 0 Å². The SMILES string of the molecule is C#C/C(=C\C=C/CN)C(C)(C)C. The van der Waals surface area contributed by atoms with Crippen LogP contribution in [0, 0.1) is 17.8 Å². The van der Waals surface area contributed by atoms with Gasteiger partial charge in [-0.25, -0.2) is 0 Å². The van der Waals surface area contributed by atoms with Gasteiger partial charge in [0, 0.05) is 12.1 Å². The molecule has 0 atom stereocenters. The highest BCUT2D eigenvalue weighted by molar-refractivity contribution is 5.33. The molecule has 2 N–H and O–H groups in total. The first-order chi connectivity index (χ1) is 5.52. The van der Waals surface area contributed by atoms with Gasteiger partial charge in [-0.1, -0.05) is 44.9 Å². The number of allylic oxidation sites excluding steroid dienone is 3. The minimum Gasteiger partial charge on any atom is -0.327 e. The fourth-order valence-electron chi connectivity index (χ4n) is 0.757. The third-order valence-electron chi connectivity index (χ3n) is 1.50. The first kappa shape index (κ1) is 11.0. The Kier molecular flexibility index (Phi) is 4.39. The smallest absolute Gasteiger partial charge is 0.0109 e. The van der Waals surface area contributed by atoms with Crippen LogP contribution in [-0.4, -0.2) is 6.54 Å². The lowest BCUT2D eigenvalue weighted by Gasteiger charge is -2.17. The molecule has 0 saturated carbocycles. The van der Waals surface area contributed by atoms with Crippen molar-refractivity contribution in [1.82, 2.24) is 0 Å². The lowest BCUT2D eigenvalue weighted by Crippen LogP contribution is -2.07. The van der Waals surface area contributed by atoms with Crippen molar-refractivity contribution in [2.45, 2.75) is 20.8 Å². The van der Waals surface area contributed by atoms with Gasteiger partial charge in [0.05, 0.1) is 0 Å². The molecule has 0 aliphatic carbocycles. The Morgan fingerprint density at radius 2 is 2.08 bits per heavy atom. The van der Waals surface area contributed by atoms with Gasteiger partial charge >= 0.3 is 0 Å². The maximum absolute atomic E-state index is 5.36. The van der Waals surface area contributed by atoms with Crippen LogP contribution in [0.5, 0.6) is 0 Å². The third kappa shape index (κ3) is 4.00. The van der Waals surface area contributed by atoms with E-state index in [0.717, 1.165) is 5.57 Å². The number of hydrogen-bond donors (Lipinski definition) is 1. The zero-order chi connectivity index (χ0) is 9.61. The largest absolute Gasteiger partial charge is 0.327 e. The number of hydrogen-bond acceptors (Lipinski definition) is 1. The van der Waals surface area contributed by atoms with Gasteiger partial charge in [0.2, 0.25) is 0 Å². The summed E-state index contributed by atoms with van der Waals surface area (Å²) >= 11 is 0. The molecule has 0 aliphatic rings. The molecule has 0 spiro atoms. The Hall–Kier alpha value is -1.00. The molecule has 0 aromatic heterocycles. The summed E-state index contributed by atoms with van der Waals surface area (Å²) in [5.74, 6) is 2.67. The van der Waals surface area contributed by atoms with E-state index in [-0.39, 0.29) is 5.41 Å². The zero-order valence-corrected chi connectivity index (χ0v) is 8.09. The van der Waals surface area contributed by atoms with E-state index in [1.807, 2.05) is 18.2 Å². The molecule has 0 unspecified atom stereocenters. The third-order valence-corrected chi connectivity index (χ3v) is 1.50. The summed E-state index contributed by atoms with van der Waals surface area (Å²) in [5.41, 5.74) is 6.34. The summed E-state index contributed by atoms with van der Waals surface area (Å²) in [6.07, 6.45) is 11.1. The Morgan fingerprint density at radius 3 is 2.42 bits per heavy atom. The van der Waals surface area contributed by atoms with Crippen LogP contribution in [0.25, 0.3) is 0 Å². The van der Waals surface area contributed by atoms with E-state index >= 15 is 0 Å². The summed E-state index contributed by atoms with van der Waals surface area (Å²) in [6.45, 7) is 6.83. The molecule has 0 saturated heterocycles. The lowest BCUT2D eigenvalue weighted by molar-refractivity contribution is 0.521. The van der Waals surface area contributed by atoms with Crippen molar-refractivity contribution in [3.63, 3.8) is 0 Å². The van der Waals surface area contributed by atoms with E-state index in [1.165, 1.54) is 0 Å². The number of nitrogens with two attached hydrogens (primary N) is 1. The average molecular weight is 163 g/mol. The summed E-state index contributed by atoms with van der Waals surface area (Å²) < 4.78 is 0. The molecule has 0 radical (unpaired) electrons. The minimum absolute atomic E-state index is 0.0493. The van der Waals surface area contributed by atoms with Gasteiger partial charge < -0.3 is 5.73 Å². The molecule has 0 bridgehead atoms. The highest BCUT2D eigenvalue weighted by Gasteiger charge is 2.13. The van der Waals surface area contributed by atoms with E-state index in [0.29, 0.717) is 6.54 Å². The van der Waals surface area contributed by atoms with E-state index in [4.69, 9.17) is 12.2 Å². The van der Waals surface area contributed by atoms with Crippen LogP contribution in [0.1, 0.15) is 20.8 Å². The molecular formula is C11H17N. The first-order valence-corrected chi connectivity index (χ1v) is 4.06. The second-order valence-electron chi connectivity index (χ2n) is 3.64. The van der Waals surface area contributed by atoms with Crippen LogP contribution in [0.2, 0.25) is 0 Å². The van der Waals surface area contributed by atoms with Gasteiger partial charge in [-0.2, -0.15) is 0 Å². The van der Waals surface area contributed by atoms with E-state index in [9.17, 15) is 0 Å². The van der Waals surface area contributed by atoms with Gasteiger partial charge in [0.15, 0.2) is 0 Å². The van der Waals surface area contributed by atoms with E-state index in [2.05, 4.69) is 26.7 Å². The second kappa shape index (κ2) is 4.79. The zero-order valence-electron chi connectivity index (χ0n) is 8.09. The Morgan fingerprint density at radius 1 is 1.50 bits per heavy atom. The summed E-state index contributed by atoms with van der Waals surface area (Å²) in [5, 5.41) is 0. The molecule has 12 heavy (non-hydrogen) atoms. The molecule has 0 aromatic carbocycles. The van der Waals surface area contributed by atoms with Crippen molar-refractivity contribution in [2.75, 3.05) is 6.54 Å². The van der Waals surface area contributed by atoms with Crippen LogP contribution in [0.15, 0.2) is 23.8 Å². The second-order valence-corrected chi connectivity index (χ2v) is 3.64. The van der Waals surface area contributed by atoms with Crippen LogP contribution in [0.3, 0.4) is 0 Å². The normalized spacial score (nSPS) is 13.4. The topological polar surface area (TPSA) is 26.0 Å². The Balaban J connectivity index is 4.48. The Bertz CT molecular complexity index is 220. The fourth-order valence-corrected chi connectivity index (χ4v) is 0.757. The van der Waals surface area contributed by atoms with Gasteiger partial charge in [0.25, 0.3) is 0 Å². The predicted molar refractivity (Wildman–Crippen MR) is 54.6 cm³/mol. The average Bonchev–Trinajstić information content (AvgIpc) is 1.95. The Labute approximate surface area is 75.3 Å². The van der Waals surface area contributed by atoms with Crippen molar-refractivity contribution >= 4 is 0 Å². The van der Waals surface area contributed by atoms with Crippen molar-refractivity contribution in [2.24, 2.45) is 11.1 Å². The van der Waals surface area contributed by atoms with Crippen molar-refractivity contribution in [1.29, 1.82) is 0 Å². The predicted octanol–water partition coefficient (Wildman–Crippen LogP) is 2.11. The van der Waals surface area contributed by atoms with Crippen molar-refractivity contribution in [3.05, 3.63) is 23.8 Å². The number of rotatable bonds is 2. The van der Waals surface area contributed by atoms with Crippen LogP contribution in [0.4, 0.5) is 0 Å². The molecule has 0 heterocycles. The highest BCUT2D eigenvalue weighted by atomic mass is 14.5. The van der Waals surface area contributed by atoms with Crippen molar-refractivity contribution < 1.29 is 0 Å². The van der Waals surface area contributed by atoms with Crippen LogP contribution >= 0.6 is 0 Å². The van der Waals surface area contributed by atoms with Gasteiger partial charge in [-0.3, -0.25) is 0 Å². The van der Waals surface area contributed by atoms with Gasteiger partial charge in [-0.05, 0) is 5.41 Å². The summed E-state index contributed by atoms with van der Waals surface area (Å²) in [4.78, 5) is 0. The summed E-state index contributed by atoms with van der Waals surface area (Å²) in [7, 11) is 0. The molecule has 1 heteroatoms. The summed E-state index contributed by atoms with van der Waals surface area (Å²) in [6, 6.07) is 0. The quantitative estimate of drug-likeness (QED) is 0.489. The number of terminal acetylenes is 1. The molecule has 66 valence electrons. The molecule has 0 rings (SSSR count). The molecule has 1 nitrogen and oxygen atoms in total. The van der Waals surface area contributed by atoms with Crippen LogP contribution in [-0.2, 0) is 0 Å². The van der Waals surface area contributed by atoms with Gasteiger partial charge in [0.1, 0.15) is 0 Å². The van der Waals surface area contributed by atoms with Crippen molar-refractivity contribution in [3.8, 4) is 12.3 Å². The molecule has 0 aromatic rings. The maximum atomic E-state index is 5.36. The lowest BCUT2D eigenvalue weighted by atomic mass is 9.87. The molecule has 0 fully saturated rings. The van der Waals surface area contributed by atoms with Crippen LogP contribution < -0.4 is 5.73 Å². The van der Waals surface area contributed by atoms with E-state index in [1.54, 1.807) is 0 Å².